The second-order valence-corrected chi connectivity index (χ2v) is 4.04. The summed E-state index contributed by atoms with van der Waals surface area (Å²) in [5.41, 5.74) is -1.16. The quantitative estimate of drug-likeness (QED) is 0.593. The van der Waals surface area contributed by atoms with E-state index in [2.05, 4.69) is 11.4 Å². The van der Waals surface area contributed by atoms with E-state index in [4.69, 9.17) is 5.26 Å². The summed E-state index contributed by atoms with van der Waals surface area (Å²) in [6.45, 7) is 1.20. The number of rotatable bonds is 1. The van der Waals surface area contributed by atoms with Crippen molar-refractivity contribution >= 4 is 0 Å². The van der Waals surface area contributed by atoms with Gasteiger partial charge in [-0.1, -0.05) is 12.8 Å². The number of nitriles is 1. The van der Waals surface area contributed by atoms with Gasteiger partial charge in [-0.2, -0.15) is 5.26 Å². The van der Waals surface area contributed by atoms with Crippen molar-refractivity contribution in [2.45, 2.75) is 31.3 Å². The number of β-amino-alcohol motifs (C(OH)–C–C–N with tert-alkyl or cyclic N) is 1. The summed E-state index contributed by atoms with van der Waals surface area (Å²) >= 11 is 0. The Balaban J connectivity index is 2.22. The fourth-order valence-electron chi connectivity index (χ4n) is 2.36. The molecule has 0 radical (unpaired) electrons. The van der Waals surface area contributed by atoms with Crippen LogP contribution in [0.25, 0.3) is 0 Å². The van der Waals surface area contributed by atoms with Gasteiger partial charge >= 0.3 is 0 Å². The first-order valence-electron chi connectivity index (χ1n) is 4.57. The molecule has 3 nitrogen and oxygen atoms in total. The van der Waals surface area contributed by atoms with Crippen molar-refractivity contribution in [2.24, 2.45) is 5.41 Å². The van der Waals surface area contributed by atoms with Crippen molar-refractivity contribution in [1.29, 1.82) is 5.26 Å². The minimum absolute atomic E-state index is 0.432. The molecule has 2 fully saturated rings. The van der Waals surface area contributed by atoms with Crippen molar-refractivity contribution < 1.29 is 5.11 Å². The van der Waals surface area contributed by atoms with Crippen molar-refractivity contribution in [1.82, 2.24) is 5.32 Å². The summed E-state index contributed by atoms with van der Waals surface area (Å²) in [4.78, 5) is 0. The fraction of sp³-hybridized carbons (Fsp3) is 0.889. The molecule has 1 heterocycles. The zero-order valence-corrected chi connectivity index (χ0v) is 7.14. The standard InChI is InChI=1S/C9H14N2O/c10-5-8(3-1-2-4-8)9(12)6-11-7-9/h11-12H,1-4,6-7H2. The summed E-state index contributed by atoms with van der Waals surface area (Å²) in [6, 6.07) is 2.33. The van der Waals surface area contributed by atoms with Gasteiger partial charge in [-0.05, 0) is 12.8 Å². The molecule has 2 aliphatic rings. The van der Waals surface area contributed by atoms with E-state index >= 15 is 0 Å². The normalized spacial score (nSPS) is 30.7. The van der Waals surface area contributed by atoms with Gasteiger partial charge in [0.25, 0.3) is 0 Å². The Morgan fingerprint density at radius 3 is 2.17 bits per heavy atom. The molecule has 0 unspecified atom stereocenters. The third kappa shape index (κ3) is 0.825. The third-order valence-corrected chi connectivity index (χ3v) is 3.40. The van der Waals surface area contributed by atoms with Gasteiger partial charge in [0.05, 0.1) is 11.5 Å². The van der Waals surface area contributed by atoms with Gasteiger partial charge in [0.15, 0.2) is 0 Å². The Kier molecular flexibility index (Phi) is 1.64. The number of nitrogens with zero attached hydrogens (tertiary/aromatic N) is 1. The Labute approximate surface area is 72.4 Å². The molecule has 0 amide bonds. The van der Waals surface area contributed by atoms with Gasteiger partial charge in [-0.3, -0.25) is 0 Å². The minimum Gasteiger partial charge on any atom is -0.386 e. The number of hydrogen-bond donors (Lipinski definition) is 2. The van der Waals surface area contributed by atoms with Crippen molar-refractivity contribution in [2.75, 3.05) is 13.1 Å². The van der Waals surface area contributed by atoms with E-state index in [1.165, 1.54) is 0 Å². The zero-order valence-electron chi connectivity index (χ0n) is 7.14. The summed E-state index contributed by atoms with van der Waals surface area (Å²) in [7, 11) is 0. The van der Waals surface area contributed by atoms with Gasteiger partial charge in [-0.15, -0.1) is 0 Å². The highest BCUT2D eigenvalue weighted by molar-refractivity contribution is 5.18. The second kappa shape index (κ2) is 2.45. The maximum absolute atomic E-state index is 10.1. The molecule has 3 heteroatoms. The van der Waals surface area contributed by atoms with Gasteiger partial charge < -0.3 is 10.4 Å². The SMILES string of the molecule is N#CC1(C2(O)CNC2)CCCC1. The average molecular weight is 166 g/mol. The Bertz CT molecular complexity index is 221. The summed E-state index contributed by atoms with van der Waals surface area (Å²) < 4.78 is 0. The summed E-state index contributed by atoms with van der Waals surface area (Å²) in [6.07, 6.45) is 3.94. The van der Waals surface area contributed by atoms with Crippen LogP contribution < -0.4 is 5.32 Å². The Hall–Kier alpha value is -0.590. The van der Waals surface area contributed by atoms with E-state index in [0.717, 1.165) is 25.7 Å². The highest BCUT2D eigenvalue weighted by Crippen LogP contribution is 2.47. The predicted molar refractivity (Wildman–Crippen MR) is 44.3 cm³/mol. The lowest BCUT2D eigenvalue weighted by Gasteiger charge is -2.47. The lowest BCUT2D eigenvalue weighted by molar-refractivity contribution is -0.0916. The molecule has 0 spiro atoms. The van der Waals surface area contributed by atoms with Crippen LogP contribution in [-0.4, -0.2) is 23.8 Å². The monoisotopic (exact) mass is 166 g/mol. The van der Waals surface area contributed by atoms with E-state index in [9.17, 15) is 5.11 Å². The molecule has 0 aromatic heterocycles. The van der Waals surface area contributed by atoms with Crippen LogP contribution in [0.15, 0.2) is 0 Å². The van der Waals surface area contributed by atoms with Crippen molar-refractivity contribution in [3.05, 3.63) is 0 Å². The van der Waals surface area contributed by atoms with Crippen molar-refractivity contribution in [3.8, 4) is 6.07 Å². The van der Waals surface area contributed by atoms with E-state index in [1.54, 1.807) is 0 Å². The molecule has 1 saturated heterocycles. The van der Waals surface area contributed by atoms with Crippen molar-refractivity contribution in [3.63, 3.8) is 0 Å². The molecular weight excluding hydrogens is 152 g/mol. The van der Waals surface area contributed by atoms with E-state index in [-0.39, 0.29) is 0 Å². The number of hydrogen-bond acceptors (Lipinski definition) is 3. The van der Waals surface area contributed by atoms with Crippen LogP contribution in [0.1, 0.15) is 25.7 Å². The molecular formula is C9H14N2O. The second-order valence-electron chi connectivity index (χ2n) is 4.04. The largest absolute Gasteiger partial charge is 0.386 e. The molecule has 2 rings (SSSR count). The fourth-order valence-corrected chi connectivity index (χ4v) is 2.36. The molecule has 2 N–H and O–H groups in total. The maximum atomic E-state index is 10.1. The lowest BCUT2D eigenvalue weighted by Crippen LogP contribution is -2.67. The predicted octanol–water partition coefficient (Wildman–Crippen LogP) is 0.405. The molecule has 12 heavy (non-hydrogen) atoms. The van der Waals surface area contributed by atoms with Crippen LogP contribution >= 0.6 is 0 Å². The molecule has 0 aromatic rings. The van der Waals surface area contributed by atoms with Crippen LogP contribution in [0.2, 0.25) is 0 Å². The number of nitrogens with one attached hydrogen (secondary N) is 1. The Morgan fingerprint density at radius 2 is 1.83 bits per heavy atom. The molecule has 66 valence electrons. The third-order valence-electron chi connectivity index (χ3n) is 3.40. The molecule has 1 aliphatic heterocycles. The number of aliphatic hydroxyl groups is 1. The van der Waals surface area contributed by atoms with E-state index in [0.29, 0.717) is 13.1 Å². The first kappa shape index (κ1) is 8.03. The molecule has 0 aromatic carbocycles. The maximum Gasteiger partial charge on any atom is 0.108 e. The highest BCUT2D eigenvalue weighted by Gasteiger charge is 2.55. The molecule has 1 saturated carbocycles. The van der Waals surface area contributed by atoms with Gasteiger partial charge in [0, 0.05) is 13.1 Å². The molecule has 0 atom stereocenters. The molecule has 0 bridgehead atoms. The van der Waals surface area contributed by atoms with Crippen LogP contribution in [0, 0.1) is 16.7 Å². The van der Waals surface area contributed by atoms with Crippen LogP contribution in [0.3, 0.4) is 0 Å². The highest BCUT2D eigenvalue weighted by atomic mass is 16.3. The minimum atomic E-state index is -0.724. The summed E-state index contributed by atoms with van der Waals surface area (Å²) in [5.74, 6) is 0. The Morgan fingerprint density at radius 1 is 1.25 bits per heavy atom. The van der Waals surface area contributed by atoms with Crippen LogP contribution in [-0.2, 0) is 0 Å². The van der Waals surface area contributed by atoms with Gasteiger partial charge in [-0.25, -0.2) is 0 Å². The molecule has 1 aliphatic carbocycles. The smallest absolute Gasteiger partial charge is 0.108 e. The van der Waals surface area contributed by atoms with E-state index < -0.39 is 11.0 Å². The zero-order chi connectivity index (χ0) is 8.66. The first-order chi connectivity index (χ1) is 5.72. The average Bonchev–Trinajstić information content (AvgIpc) is 2.49. The van der Waals surface area contributed by atoms with Gasteiger partial charge in [0.2, 0.25) is 0 Å². The van der Waals surface area contributed by atoms with E-state index in [1.807, 2.05) is 0 Å². The first-order valence-corrected chi connectivity index (χ1v) is 4.57. The topological polar surface area (TPSA) is 56.0 Å². The lowest BCUT2D eigenvalue weighted by atomic mass is 9.68. The summed E-state index contributed by atoms with van der Waals surface area (Å²) in [5, 5.41) is 22.2. The van der Waals surface area contributed by atoms with Crippen LogP contribution in [0.5, 0.6) is 0 Å². The van der Waals surface area contributed by atoms with Gasteiger partial charge in [0.1, 0.15) is 5.60 Å². The van der Waals surface area contributed by atoms with Crippen LogP contribution in [0.4, 0.5) is 0 Å².